The number of aliphatic hydroxyl groups is 1. The molecule has 164 valence electrons. The van der Waals surface area contributed by atoms with Crippen molar-refractivity contribution < 1.29 is 9.90 Å². The van der Waals surface area contributed by atoms with Crippen LogP contribution in [-0.2, 0) is 4.79 Å². The summed E-state index contributed by atoms with van der Waals surface area (Å²) in [4.78, 5) is 22.7. The molecule has 0 aliphatic carbocycles. The SMILES string of the molecule is C=N/C(=C\N(C)c1ccnc(Nc2ccccc2)c1)C(=O)N[C@H](CO)c1cccc(Cl)c1. The molecule has 7 nitrogen and oxygen atoms in total. The van der Waals surface area contributed by atoms with E-state index >= 15 is 0 Å². The normalized spacial score (nSPS) is 12.0. The van der Waals surface area contributed by atoms with E-state index in [4.69, 9.17) is 11.6 Å². The number of carbonyl (C=O) groups excluding carboxylic acids is 1. The lowest BCUT2D eigenvalue weighted by Crippen LogP contribution is -2.32. The van der Waals surface area contributed by atoms with Crippen LogP contribution in [0.15, 0.2) is 89.8 Å². The number of amides is 1. The number of rotatable bonds is 9. The average Bonchev–Trinajstić information content (AvgIpc) is 2.81. The topological polar surface area (TPSA) is 89.9 Å². The molecule has 0 aliphatic heterocycles. The molecule has 1 heterocycles. The number of halogens is 1. The van der Waals surface area contributed by atoms with Gasteiger partial charge < -0.3 is 20.6 Å². The first-order chi connectivity index (χ1) is 15.5. The molecule has 0 radical (unpaired) electrons. The number of nitrogens with one attached hydrogen (secondary N) is 2. The fourth-order valence-electron chi connectivity index (χ4n) is 3.00. The standard InChI is InChI=1S/C24H24ClN5O2/c1-26-21(24(32)29-22(16-31)17-7-6-8-18(25)13-17)15-30(2)20-11-12-27-23(14-20)28-19-9-4-3-5-10-19/h3-15,22,31H,1,16H2,2H3,(H,27,28)(H,29,32)/b21-15-/t22-/m1/s1. The minimum Gasteiger partial charge on any atom is -0.394 e. The quantitative estimate of drug-likeness (QED) is 0.334. The number of pyridine rings is 1. The van der Waals surface area contributed by atoms with Gasteiger partial charge in [0.25, 0.3) is 5.91 Å². The third kappa shape index (κ3) is 6.16. The summed E-state index contributed by atoms with van der Waals surface area (Å²) < 4.78 is 0. The summed E-state index contributed by atoms with van der Waals surface area (Å²) in [5.74, 6) is 0.190. The number of hydrogen-bond donors (Lipinski definition) is 3. The van der Waals surface area contributed by atoms with Crippen molar-refractivity contribution in [2.24, 2.45) is 4.99 Å². The van der Waals surface area contributed by atoms with Crippen molar-refractivity contribution >= 4 is 41.4 Å². The van der Waals surface area contributed by atoms with E-state index in [1.54, 1.807) is 48.6 Å². The van der Waals surface area contributed by atoms with Crippen LogP contribution in [0.1, 0.15) is 11.6 Å². The molecule has 3 rings (SSSR count). The molecular formula is C24H24ClN5O2. The van der Waals surface area contributed by atoms with Crippen LogP contribution in [-0.4, -0.2) is 36.4 Å². The zero-order valence-electron chi connectivity index (χ0n) is 17.6. The molecule has 3 N–H and O–H groups in total. The molecule has 0 spiro atoms. The molecule has 0 unspecified atom stereocenters. The molecule has 2 aromatic carbocycles. The molecule has 0 saturated carbocycles. The first kappa shape index (κ1) is 23.0. The Bertz CT molecular complexity index is 1100. The lowest BCUT2D eigenvalue weighted by atomic mass is 10.1. The number of anilines is 3. The second-order valence-electron chi connectivity index (χ2n) is 6.94. The van der Waals surface area contributed by atoms with Gasteiger partial charge in [0.05, 0.1) is 12.6 Å². The number of para-hydroxylation sites is 1. The number of carbonyl (C=O) groups is 1. The second-order valence-corrected chi connectivity index (χ2v) is 7.37. The second kappa shape index (κ2) is 11.1. The predicted molar refractivity (Wildman–Crippen MR) is 129 cm³/mol. The summed E-state index contributed by atoms with van der Waals surface area (Å²) in [5, 5.41) is 16.3. The van der Waals surface area contributed by atoms with Gasteiger partial charge in [0.1, 0.15) is 11.5 Å². The summed E-state index contributed by atoms with van der Waals surface area (Å²) in [7, 11) is 1.79. The Hall–Kier alpha value is -3.68. The third-order valence-electron chi connectivity index (χ3n) is 4.65. The fraction of sp³-hybridized carbons (Fsp3) is 0.125. The Morgan fingerprint density at radius 1 is 1.22 bits per heavy atom. The molecule has 3 aromatic rings. The maximum absolute atomic E-state index is 12.8. The van der Waals surface area contributed by atoms with Gasteiger partial charge in [0, 0.05) is 41.9 Å². The number of nitrogens with zero attached hydrogens (tertiary/aromatic N) is 3. The molecular weight excluding hydrogens is 426 g/mol. The van der Waals surface area contributed by atoms with Gasteiger partial charge >= 0.3 is 0 Å². The first-order valence-electron chi connectivity index (χ1n) is 9.87. The minimum atomic E-state index is -0.626. The summed E-state index contributed by atoms with van der Waals surface area (Å²) in [5.41, 5.74) is 2.50. The number of aromatic nitrogens is 1. The van der Waals surface area contributed by atoms with E-state index < -0.39 is 11.9 Å². The minimum absolute atomic E-state index is 0.0994. The highest BCUT2D eigenvalue weighted by atomic mass is 35.5. The highest BCUT2D eigenvalue weighted by Gasteiger charge is 2.17. The van der Waals surface area contributed by atoms with E-state index in [1.807, 2.05) is 42.5 Å². The smallest absolute Gasteiger partial charge is 0.271 e. The van der Waals surface area contributed by atoms with Crippen molar-refractivity contribution in [1.82, 2.24) is 10.3 Å². The Balaban J connectivity index is 1.74. The number of aliphatic imine (C=N–C) groups is 1. The lowest BCUT2D eigenvalue weighted by Gasteiger charge is -2.19. The van der Waals surface area contributed by atoms with E-state index in [9.17, 15) is 9.90 Å². The zero-order valence-corrected chi connectivity index (χ0v) is 18.3. The number of aliphatic hydroxyl groups excluding tert-OH is 1. The molecule has 0 bridgehead atoms. The van der Waals surface area contributed by atoms with Crippen LogP contribution in [0, 0.1) is 0 Å². The molecule has 0 fully saturated rings. The molecule has 8 heteroatoms. The van der Waals surface area contributed by atoms with Gasteiger partial charge in [-0.2, -0.15) is 0 Å². The Kier molecular flexibility index (Phi) is 7.96. The van der Waals surface area contributed by atoms with Gasteiger partial charge in [-0.25, -0.2) is 4.98 Å². The van der Waals surface area contributed by atoms with Crippen molar-refractivity contribution in [1.29, 1.82) is 0 Å². The predicted octanol–water partition coefficient (Wildman–Crippen LogP) is 4.31. The van der Waals surface area contributed by atoms with Crippen LogP contribution in [0.3, 0.4) is 0 Å². The van der Waals surface area contributed by atoms with Crippen LogP contribution >= 0.6 is 11.6 Å². The highest BCUT2D eigenvalue weighted by Crippen LogP contribution is 2.21. The zero-order chi connectivity index (χ0) is 22.9. The Labute approximate surface area is 192 Å². The monoisotopic (exact) mass is 449 g/mol. The summed E-state index contributed by atoms with van der Waals surface area (Å²) in [6.07, 6.45) is 3.24. The molecule has 0 aliphatic rings. The first-order valence-corrected chi connectivity index (χ1v) is 10.2. The van der Waals surface area contributed by atoms with Crippen molar-refractivity contribution in [2.75, 3.05) is 23.9 Å². The molecule has 1 amide bonds. The van der Waals surface area contributed by atoms with Gasteiger partial charge in [0.2, 0.25) is 0 Å². The Morgan fingerprint density at radius 2 is 2.00 bits per heavy atom. The average molecular weight is 450 g/mol. The van der Waals surface area contributed by atoms with Gasteiger partial charge in [-0.05, 0) is 42.6 Å². The largest absolute Gasteiger partial charge is 0.394 e. The Morgan fingerprint density at radius 3 is 2.69 bits per heavy atom. The highest BCUT2D eigenvalue weighted by molar-refractivity contribution is 6.30. The van der Waals surface area contributed by atoms with Crippen molar-refractivity contribution in [3.8, 4) is 0 Å². The van der Waals surface area contributed by atoms with Gasteiger partial charge in [-0.1, -0.05) is 41.9 Å². The maximum atomic E-state index is 12.8. The van der Waals surface area contributed by atoms with E-state index in [1.165, 1.54) is 0 Å². The summed E-state index contributed by atoms with van der Waals surface area (Å²) in [6.45, 7) is 3.22. The summed E-state index contributed by atoms with van der Waals surface area (Å²) in [6, 6.07) is 19.7. The van der Waals surface area contributed by atoms with E-state index in [0.29, 0.717) is 16.4 Å². The van der Waals surface area contributed by atoms with Crippen molar-refractivity contribution in [3.63, 3.8) is 0 Å². The molecule has 32 heavy (non-hydrogen) atoms. The van der Waals surface area contributed by atoms with Crippen LogP contribution < -0.4 is 15.5 Å². The number of hydrogen-bond acceptors (Lipinski definition) is 6. The molecule has 1 atom stereocenters. The molecule has 0 saturated heterocycles. The van der Waals surface area contributed by atoms with Crippen molar-refractivity contribution in [2.45, 2.75) is 6.04 Å². The lowest BCUT2D eigenvalue weighted by molar-refractivity contribution is -0.118. The van der Waals surface area contributed by atoms with Gasteiger partial charge in [-0.3, -0.25) is 9.79 Å². The number of benzene rings is 2. The van der Waals surface area contributed by atoms with Crippen LogP contribution in [0.2, 0.25) is 5.02 Å². The van der Waals surface area contributed by atoms with E-state index in [-0.39, 0.29) is 12.3 Å². The van der Waals surface area contributed by atoms with E-state index in [2.05, 4.69) is 27.3 Å². The summed E-state index contributed by atoms with van der Waals surface area (Å²) >= 11 is 6.02. The van der Waals surface area contributed by atoms with Crippen LogP contribution in [0.4, 0.5) is 17.2 Å². The van der Waals surface area contributed by atoms with Gasteiger partial charge in [0.15, 0.2) is 0 Å². The maximum Gasteiger partial charge on any atom is 0.271 e. The van der Waals surface area contributed by atoms with Crippen LogP contribution in [0.25, 0.3) is 0 Å². The van der Waals surface area contributed by atoms with Crippen molar-refractivity contribution in [3.05, 3.63) is 95.4 Å². The molecule has 1 aromatic heterocycles. The third-order valence-corrected chi connectivity index (χ3v) is 4.89. The fourth-order valence-corrected chi connectivity index (χ4v) is 3.19. The van der Waals surface area contributed by atoms with Crippen LogP contribution in [0.5, 0.6) is 0 Å². The van der Waals surface area contributed by atoms with E-state index in [0.717, 1.165) is 11.4 Å². The van der Waals surface area contributed by atoms with Gasteiger partial charge in [-0.15, -0.1) is 0 Å².